The lowest BCUT2D eigenvalue weighted by molar-refractivity contribution is 1.02. The molecule has 0 fully saturated rings. The molecule has 0 aliphatic carbocycles. The first-order valence-electron chi connectivity index (χ1n) is 7.69. The lowest BCUT2D eigenvalue weighted by Crippen LogP contribution is -1.95. The molecule has 3 nitrogen and oxygen atoms in total. The normalized spacial score (nSPS) is 11.0. The Bertz CT molecular complexity index is 967. The summed E-state index contributed by atoms with van der Waals surface area (Å²) < 4.78 is 2.04. The maximum absolute atomic E-state index is 4.65. The number of rotatable bonds is 2. The van der Waals surface area contributed by atoms with Gasteiger partial charge in [0, 0.05) is 17.0 Å². The largest absolute Gasteiger partial charge is 0.287 e. The van der Waals surface area contributed by atoms with E-state index in [1.165, 1.54) is 11.1 Å². The molecule has 2 aromatic heterocycles. The van der Waals surface area contributed by atoms with Gasteiger partial charge in [-0.1, -0.05) is 54.6 Å². The molecule has 0 saturated carbocycles. The Morgan fingerprint density at radius 1 is 0.783 bits per heavy atom. The van der Waals surface area contributed by atoms with Crippen LogP contribution in [0.4, 0.5) is 0 Å². The van der Waals surface area contributed by atoms with E-state index in [1.54, 1.807) is 0 Å². The average Bonchev–Trinajstić information content (AvgIpc) is 3.00. The average molecular weight is 299 g/mol. The number of hydrogen-bond donors (Lipinski definition) is 0. The maximum atomic E-state index is 4.65. The zero-order valence-corrected chi connectivity index (χ0v) is 13.2. The molecule has 0 aliphatic rings. The van der Waals surface area contributed by atoms with E-state index in [0.717, 1.165) is 28.3 Å². The monoisotopic (exact) mass is 299 g/mol. The highest BCUT2D eigenvalue weighted by molar-refractivity contribution is 5.76. The summed E-state index contributed by atoms with van der Waals surface area (Å²) in [6.45, 7) is 4.09. The number of aryl methyl sites for hydroxylation is 2. The van der Waals surface area contributed by atoms with Gasteiger partial charge in [0.25, 0.3) is 0 Å². The van der Waals surface area contributed by atoms with Crippen molar-refractivity contribution in [2.45, 2.75) is 13.8 Å². The number of imidazole rings is 1. The summed E-state index contributed by atoms with van der Waals surface area (Å²) in [6.07, 6.45) is 1.84. The molecule has 3 heteroatoms. The fourth-order valence-corrected chi connectivity index (χ4v) is 2.93. The molecule has 112 valence electrons. The number of aromatic nitrogens is 3. The third-order valence-corrected chi connectivity index (χ3v) is 4.09. The highest BCUT2D eigenvalue weighted by Crippen LogP contribution is 2.26. The number of nitrogens with zero attached hydrogens (tertiary/aromatic N) is 3. The first kappa shape index (κ1) is 13.7. The van der Waals surface area contributed by atoms with Crippen LogP contribution in [0.5, 0.6) is 0 Å². The van der Waals surface area contributed by atoms with Crippen LogP contribution in [-0.4, -0.2) is 14.4 Å². The van der Waals surface area contributed by atoms with Gasteiger partial charge >= 0.3 is 0 Å². The van der Waals surface area contributed by atoms with Crippen molar-refractivity contribution < 1.29 is 0 Å². The van der Waals surface area contributed by atoms with Crippen molar-refractivity contribution in [2.75, 3.05) is 0 Å². The third kappa shape index (κ3) is 2.40. The summed E-state index contributed by atoms with van der Waals surface area (Å²) in [4.78, 5) is 9.22. The molecule has 0 bridgehead atoms. The van der Waals surface area contributed by atoms with E-state index in [1.807, 2.05) is 23.7 Å². The van der Waals surface area contributed by atoms with Crippen LogP contribution in [0.3, 0.4) is 0 Å². The van der Waals surface area contributed by atoms with Crippen molar-refractivity contribution in [3.8, 4) is 22.4 Å². The second-order valence-electron chi connectivity index (χ2n) is 5.77. The minimum absolute atomic E-state index is 0.912. The van der Waals surface area contributed by atoms with Crippen LogP contribution in [0.25, 0.3) is 28.0 Å². The van der Waals surface area contributed by atoms with E-state index in [4.69, 9.17) is 0 Å². The van der Waals surface area contributed by atoms with Crippen molar-refractivity contribution in [3.05, 3.63) is 78.4 Å². The molecule has 0 saturated heterocycles. The summed E-state index contributed by atoms with van der Waals surface area (Å²) in [7, 11) is 0. The van der Waals surface area contributed by atoms with Crippen LogP contribution in [0, 0.1) is 13.8 Å². The maximum Gasteiger partial charge on any atom is 0.165 e. The first-order valence-corrected chi connectivity index (χ1v) is 7.69. The Balaban J connectivity index is 1.80. The molecule has 4 rings (SSSR count). The fraction of sp³-hybridized carbons (Fsp3) is 0.100. The molecular formula is C20H17N3. The van der Waals surface area contributed by atoms with E-state index >= 15 is 0 Å². The predicted octanol–water partition coefficient (Wildman–Crippen LogP) is 4.68. The van der Waals surface area contributed by atoms with Crippen LogP contribution >= 0.6 is 0 Å². The minimum Gasteiger partial charge on any atom is -0.287 e. The molecule has 0 spiro atoms. The van der Waals surface area contributed by atoms with Crippen LogP contribution < -0.4 is 0 Å². The van der Waals surface area contributed by atoms with Crippen LogP contribution in [0.1, 0.15) is 11.4 Å². The van der Waals surface area contributed by atoms with Gasteiger partial charge in [-0.3, -0.25) is 4.40 Å². The van der Waals surface area contributed by atoms with Crippen LogP contribution in [0.15, 0.2) is 67.0 Å². The van der Waals surface area contributed by atoms with Gasteiger partial charge in [-0.2, -0.15) is 0 Å². The van der Waals surface area contributed by atoms with Gasteiger partial charge in [0.05, 0.1) is 0 Å². The van der Waals surface area contributed by atoms with Crippen LogP contribution in [0.2, 0.25) is 0 Å². The second kappa shape index (κ2) is 5.36. The summed E-state index contributed by atoms with van der Waals surface area (Å²) in [6, 6.07) is 21.0. The third-order valence-electron chi connectivity index (χ3n) is 4.09. The Morgan fingerprint density at radius 2 is 1.43 bits per heavy atom. The lowest BCUT2D eigenvalue weighted by atomic mass is 10.0. The molecule has 2 heterocycles. The molecule has 0 radical (unpaired) electrons. The standard InChI is InChI=1S/C20H17N3/c1-14-12-15(2)23-13-21-19(20(23)22-14)18-10-8-17(9-11-18)16-6-4-3-5-7-16/h3-13H,1-2H3. The van der Waals surface area contributed by atoms with Gasteiger partial charge in [-0.15, -0.1) is 0 Å². The smallest absolute Gasteiger partial charge is 0.165 e. The highest BCUT2D eigenvalue weighted by Gasteiger charge is 2.10. The minimum atomic E-state index is 0.912. The Labute approximate surface area is 135 Å². The Hall–Kier alpha value is -2.94. The fourth-order valence-electron chi connectivity index (χ4n) is 2.93. The van der Waals surface area contributed by atoms with E-state index in [-0.39, 0.29) is 0 Å². The van der Waals surface area contributed by atoms with Crippen molar-refractivity contribution >= 4 is 5.65 Å². The summed E-state index contributed by atoms with van der Waals surface area (Å²) in [5.41, 5.74) is 7.51. The van der Waals surface area contributed by atoms with Gasteiger partial charge in [-0.25, -0.2) is 9.97 Å². The molecule has 0 N–H and O–H groups in total. The van der Waals surface area contributed by atoms with E-state index in [0.29, 0.717) is 0 Å². The quantitative estimate of drug-likeness (QED) is 0.538. The van der Waals surface area contributed by atoms with Crippen molar-refractivity contribution in [3.63, 3.8) is 0 Å². The van der Waals surface area contributed by atoms with Crippen molar-refractivity contribution in [1.82, 2.24) is 14.4 Å². The highest BCUT2D eigenvalue weighted by atomic mass is 15.1. The molecule has 0 aliphatic heterocycles. The number of benzene rings is 2. The van der Waals surface area contributed by atoms with Gasteiger partial charge in [0.1, 0.15) is 12.0 Å². The Kier molecular flexibility index (Phi) is 3.19. The molecule has 0 atom stereocenters. The zero-order valence-electron chi connectivity index (χ0n) is 13.2. The molecule has 2 aromatic carbocycles. The summed E-state index contributed by atoms with van der Waals surface area (Å²) in [5, 5.41) is 0. The van der Waals surface area contributed by atoms with Crippen molar-refractivity contribution in [1.29, 1.82) is 0 Å². The van der Waals surface area contributed by atoms with E-state index in [9.17, 15) is 0 Å². The lowest BCUT2D eigenvalue weighted by Gasteiger charge is -2.05. The SMILES string of the molecule is Cc1cc(C)n2cnc(-c3ccc(-c4ccccc4)cc3)c2n1. The van der Waals surface area contributed by atoms with Crippen molar-refractivity contribution in [2.24, 2.45) is 0 Å². The van der Waals surface area contributed by atoms with Gasteiger partial charge < -0.3 is 0 Å². The number of hydrogen-bond acceptors (Lipinski definition) is 2. The van der Waals surface area contributed by atoms with Gasteiger partial charge in [-0.05, 0) is 31.0 Å². The summed E-state index contributed by atoms with van der Waals surface area (Å²) in [5.74, 6) is 0. The molecular weight excluding hydrogens is 282 g/mol. The molecule has 0 amide bonds. The van der Waals surface area contributed by atoms with E-state index < -0.39 is 0 Å². The topological polar surface area (TPSA) is 30.2 Å². The predicted molar refractivity (Wildman–Crippen MR) is 93.3 cm³/mol. The Morgan fingerprint density at radius 3 is 2.17 bits per heavy atom. The van der Waals surface area contributed by atoms with Gasteiger partial charge in [0.15, 0.2) is 5.65 Å². The van der Waals surface area contributed by atoms with Gasteiger partial charge in [0.2, 0.25) is 0 Å². The summed E-state index contributed by atoms with van der Waals surface area (Å²) >= 11 is 0. The van der Waals surface area contributed by atoms with Crippen LogP contribution in [-0.2, 0) is 0 Å². The first-order chi connectivity index (χ1) is 11.2. The number of fused-ring (bicyclic) bond motifs is 1. The molecule has 0 unspecified atom stereocenters. The molecule has 23 heavy (non-hydrogen) atoms. The van der Waals surface area contributed by atoms with E-state index in [2.05, 4.69) is 71.5 Å². The second-order valence-corrected chi connectivity index (χ2v) is 5.77. The zero-order chi connectivity index (χ0) is 15.8. The molecule has 4 aromatic rings.